The van der Waals surface area contributed by atoms with Crippen molar-refractivity contribution in [2.75, 3.05) is 22.9 Å². The molecule has 0 unspecified atom stereocenters. The fraction of sp³-hybridized carbons (Fsp3) is 0.368. The minimum atomic E-state index is -0.782. The number of thiazole rings is 1. The van der Waals surface area contributed by atoms with E-state index in [4.69, 9.17) is 4.98 Å². The SMILES string of the molecule is Cc1ncc(N2Cc3nc(-c4ccc(N5CC[C@H](F)C5)nc4)n(C)c3C2=O)s1. The van der Waals surface area contributed by atoms with Gasteiger partial charge in [0.1, 0.15) is 28.5 Å². The molecule has 1 atom stereocenters. The van der Waals surface area contributed by atoms with E-state index in [2.05, 4.69) is 9.97 Å². The van der Waals surface area contributed by atoms with E-state index in [0.717, 1.165) is 27.1 Å². The normalized spacial score (nSPS) is 19.0. The molecule has 3 aromatic heterocycles. The summed E-state index contributed by atoms with van der Waals surface area (Å²) in [7, 11) is 1.85. The van der Waals surface area contributed by atoms with Crippen LogP contribution in [-0.4, -0.2) is 44.7 Å². The average molecular weight is 398 g/mol. The predicted molar refractivity (Wildman–Crippen MR) is 106 cm³/mol. The third kappa shape index (κ3) is 2.69. The third-order valence-corrected chi connectivity index (χ3v) is 6.19. The molecule has 7 nitrogen and oxygen atoms in total. The molecular weight excluding hydrogens is 379 g/mol. The second-order valence-electron chi connectivity index (χ2n) is 7.14. The summed E-state index contributed by atoms with van der Waals surface area (Å²) in [5.41, 5.74) is 2.20. The lowest BCUT2D eigenvalue weighted by Gasteiger charge is -2.16. The van der Waals surface area contributed by atoms with Gasteiger partial charge in [-0.2, -0.15) is 0 Å². The zero-order valence-electron chi connectivity index (χ0n) is 15.6. The maximum absolute atomic E-state index is 13.4. The average Bonchev–Trinajstić information content (AvgIpc) is 3.43. The summed E-state index contributed by atoms with van der Waals surface area (Å²) < 4.78 is 15.2. The number of halogens is 1. The first-order chi connectivity index (χ1) is 13.5. The monoisotopic (exact) mass is 398 g/mol. The Morgan fingerprint density at radius 3 is 2.71 bits per heavy atom. The van der Waals surface area contributed by atoms with Crippen LogP contribution in [0.25, 0.3) is 11.4 Å². The van der Waals surface area contributed by atoms with Crippen LogP contribution in [0.5, 0.6) is 0 Å². The Hall–Kier alpha value is -2.81. The molecule has 144 valence electrons. The van der Waals surface area contributed by atoms with E-state index in [1.165, 1.54) is 11.3 Å². The van der Waals surface area contributed by atoms with Crippen LogP contribution in [0.2, 0.25) is 0 Å². The molecule has 1 fully saturated rings. The Bertz CT molecular complexity index is 1060. The number of aromatic nitrogens is 4. The van der Waals surface area contributed by atoms with Crippen LogP contribution in [0.4, 0.5) is 15.2 Å². The minimum absolute atomic E-state index is 0.0597. The zero-order valence-corrected chi connectivity index (χ0v) is 16.4. The van der Waals surface area contributed by atoms with E-state index in [0.29, 0.717) is 37.6 Å². The number of hydrogen-bond donors (Lipinski definition) is 0. The smallest absolute Gasteiger partial charge is 0.277 e. The van der Waals surface area contributed by atoms with Crippen LogP contribution in [0.15, 0.2) is 24.5 Å². The van der Waals surface area contributed by atoms with Crippen LogP contribution < -0.4 is 9.80 Å². The van der Waals surface area contributed by atoms with Crippen LogP contribution in [0.1, 0.15) is 27.6 Å². The Morgan fingerprint density at radius 1 is 1.25 bits per heavy atom. The number of pyridine rings is 1. The van der Waals surface area contributed by atoms with E-state index in [1.807, 2.05) is 35.6 Å². The number of hydrogen-bond acceptors (Lipinski definition) is 6. The maximum Gasteiger partial charge on any atom is 0.277 e. The largest absolute Gasteiger partial charge is 0.354 e. The van der Waals surface area contributed by atoms with Crippen LogP contribution in [0, 0.1) is 6.92 Å². The second-order valence-corrected chi connectivity index (χ2v) is 8.35. The number of anilines is 2. The van der Waals surface area contributed by atoms with Crippen LogP contribution in [0.3, 0.4) is 0 Å². The van der Waals surface area contributed by atoms with Crippen molar-refractivity contribution in [3.63, 3.8) is 0 Å². The first kappa shape index (κ1) is 17.3. The van der Waals surface area contributed by atoms with E-state index in [9.17, 15) is 9.18 Å². The number of aryl methyl sites for hydroxylation is 1. The fourth-order valence-electron chi connectivity index (χ4n) is 3.82. The number of nitrogens with zero attached hydrogens (tertiary/aromatic N) is 6. The van der Waals surface area contributed by atoms with Gasteiger partial charge in [-0.25, -0.2) is 19.3 Å². The molecule has 5 heterocycles. The summed E-state index contributed by atoms with van der Waals surface area (Å²) in [6, 6.07) is 3.82. The number of carbonyl (C=O) groups is 1. The molecule has 0 N–H and O–H groups in total. The fourth-order valence-corrected chi connectivity index (χ4v) is 4.60. The van der Waals surface area contributed by atoms with Gasteiger partial charge in [0.05, 0.1) is 30.0 Å². The number of rotatable bonds is 3. The number of carbonyl (C=O) groups excluding carboxylic acids is 1. The Kier molecular flexibility index (Phi) is 3.94. The molecule has 28 heavy (non-hydrogen) atoms. The van der Waals surface area contributed by atoms with E-state index >= 15 is 0 Å². The van der Waals surface area contributed by atoms with Gasteiger partial charge in [-0.1, -0.05) is 0 Å². The summed E-state index contributed by atoms with van der Waals surface area (Å²) in [6.07, 6.45) is 3.24. The van der Waals surface area contributed by atoms with Crippen molar-refractivity contribution in [3.8, 4) is 11.4 Å². The van der Waals surface area contributed by atoms with Gasteiger partial charge in [0.2, 0.25) is 0 Å². The van der Waals surface area contributed by atoms with Gasteiger partial charge in [0.25, 0.3) is 5.91 Å². The van der Waals surface area contributed by atoms with Gasteiger partial charge < -0.3 is 9.47 Å². The highest BCUT2D eigenvalue weighted by Gasteiger charge is 2.35. The molecular formula is C19H19FN6OS. The number of imidazole rings is 1. The van der Waals surface area contributed by atoms with Gasteiger partial charge in [-0.15, -0.1) is 11.3 Å². The molecule has 2 aliphatic rings. The van der Waals surface area contributed by atoms with Gasteiger partial charge >= 0.3 is 0 Å². The molecule has 0 aliphatic carbocycles. The highest BCUT2D eigenvalue weighted by Crippen LogP contribution is 2.34. The molecule has 2 aliphatic heterocycles. The molecule has 0 bridgehead atoms. The summed E-state index contributed by atoms with van der Waals surface area (Å²) in [5, 5.41) is 1.76. The molecule has 0 radical (unpaired) electrons. The molecule has 3 aromatic rings. The lowest BCUT2D eigenvalue weighted by molar-refractivity contribution is 0.0990. The molecule has 0 aromatic carbocycles. The standard InChI is InChI=1S/C19H19FN6OS/c1-11-21-8-16(28-11)26-10-14-17(19(26)27)24(2)18(23-14)12-3-4-15(22-7-12)25-6-5-13(20)9-25/h3-4,7-8,13H,5-6,9-10H2,1-2H3/t13-/m0/s1. The van der Waals surface area contributed by atoms with Crippen molar-refractivity contribution in [3.05, 3.63) is 40.9 Å². The van der Waals surface area contributed by atoms with Crippen molar-refractivity contribution in [1.29, 1.82) is 0 Å². The topological polar surface area (TPSA) is 67.2 Å². The number of fused-ring (bicyclic) bond motifs is 1. The molecule has 0 spiro atoms. The number of amides is 1. The zero-order chi connectivity index (χ0) is 19.4. The van der Waals surface area contributed by atoms with E-state index in [-0.39, 0.29) is 5.91 Å². The van der Waals surface area contributed by atoms with Crippen LogP contribution in [-0.2, 0) is 13.6 Å². The van der Waals surface area contributed by atoms with Gasteiger partial charge in [0.15, 0.2) is 0 Å². The van der Waals surface area contributed by atoms with Crippen molar-refractivity contribution in [1.82, 2.24) is 19.5 Å². The lowest BCUT2D eigenvalue weighted by atomic mass is 10.2. The summed E-state index contributed by atoms with van der Waals surface area (Å²) in [5.74, 6) is 1.42. The van der Waals surface area contributed by atoms with Crippen molar-refractivity contribution in [2.24, 2.45) is 7.05 Å². The Labute approximate surface area is 165 Å². The van der Waals surface area contributed by atoms with Crippen molar-refractivity contribution >= 4 is 28.1 Å². The highest BCUT2D eigenvalue weighted by molar-refractivity contribution is 7.15. The highest BCUT2D eigenvalue weighted by atomic mass is 32.1. The van der Waals surface area contributed by atoms with E-state index < -0.39 is 6.17 Å². The Balaban J connectivity index is 1.42. The van der Waals surface area contributed by atoms with Crippen molar-refractivity contribution < 1.29 is 9.18 Å². The first-order valence-electron chi connectivity index (χ1n) is 9.16. The van der Waals surface area contributed by atoms with Crippen LogP contribution >= 0.6 is 11.3 Å². The van der Waals surface area contributed by atoms with E-state index in [1.54, 1.807) is 17.3 Å². The molecule has 1 amide bonds. The molecule has 0 saturated carbocycles. The van der Waals surface area contributed by atoms with Gasteiger partial charge in [-0.05, 0) is 25.5 Å². The van der Waals surface area contributed by atoms with Crippen molar-refractivity contribution in [2.45, 2.75) is 26.1 Å². The minimum Gasteiger partial charge on any atom is -0.354 e. The van der Waals surface area contributed by atoms with Gasteiger partial charge in [0, 0.05) is 25.4 Å². The summed E-state index contributed by atoms with van der Waals surface area (Å²) in [4.78, 5) is 30.0. The summed E-state index contributed by atoms with van der Waals surface area (Å²) in [6.45, 7) is 3.45. The lowest BCUT2D eigenvalue weighted by Crippen LogP contribution is -2.24. The molecule has 9 heteroatoms. The molecule has 5 rings (SSSR count). The molecule has 1 saturated heterocycles. The first-order valence-corrected chi connectivity index (χ1v) is 9.98. The third-order valence-electron chi connectivity index (χ3n) is 5.26. The number of alkyl halides is 1. The maximum atomic E-state index is 13.4. The quantitative estimate of drug-likeness (QED) is 0.679. The van der Waals surface area contributed by atoms with Gasteiger partial charge in [-0.3, -0.25) is 9.69 Å². The second kappa shape index (κ2) is 6.37. The summed E-state index contributed by atoms with van der Waals surface area (Å²) >= 11 is 1.50. The Morgan fingerprint density at radius 2 is 2.11 bits per heavy atom. The predicted octanol–water partition coefficient (Wildman–Crippen LogP) is 2.96.